The van der Waals surface area contributed by atoms with E-state index in [-0.39, 0.29) is 17.1 Å². The number of anilines is 2. The first kappa shape index (κ1) is 21.1. The summed E-state index contributed by atoms with van der Waals surface area (Å²) in [5.74, 6) is 0.269. The van der Waals surface area contributed by atoms with Crippen LogP contribution in [-0.4, -0.2) is 24.2 Å². The van der Waals surface area contributed by atoms with Crippen LogP contribution in [0.2, 0.25) is 5.02 Å². The van der Waals surface area contributed by atoms with E-state index in [4.69, 9.17) is 16.3 Å². The Labute approximate surface area is 168 Å². The number of ether oxygens (including phenoxy) is 1. The second-order valence-corrected chi connectivity index (χ2v) is 7.70. The molecule has 0 aliphatic carbocycles. The maximum Gasteiger partial charge on any atom is 0.237 e. The number of nitrogens with one attached hydrogen (secondary N) is 2. The third-order valence-corrected chi connectivity index (χ3v) is 5.60. The van der Waals surface area contributed by atoms with Crippen molar-refractivity contribution in [3.05, 3.63) is 47.0 Å². The number of carbonyl (C=O) groups excluding carboxylic acids is 2. The number of hydrogen-bond donors (Lipinski definition) is 2. The molecule has 0 spiro atoms. The molecule has 7 heteroatoms. The zero-order chi connectivity index (χ0) is 20.0. The standard InChI is InChI=1S/C20H23ClN2O3S/c1-5-19(27-15-8-6-7-14(10-15)22-13(3)24)20(25)23-17-9-12(2)16(21)11-18(17)26-4/h6-11,19H,5H2,1-4H3,(H,22,24)(H,23,25). The van der Waals surface area contributed by atoms with Gasteiger partial charge in [-0.15, -0.1) is 11.8 Å². The van der Waals surface area contributed by atoms with Gasteiger partial charge in [0.2, 0.25) is 11.8 Å². The molecule has 2 amide bonds. The molecule has 1 atom stereocenters. The van der Waals surface area contributed by atoms with Gasteiger partial charge >= 0.3 is 0 Å². The lowest BCUT2D eigenvalue weighted by Gasteiger charge is -2.17. The van der Waals surface area contributed by atoms with Gasteiger partial charge in [0.1, 0.15) is 5.75 Å². The Morgan fingerprint density at radius 2 is 1.96 bits per heavy atom. The van der Waals surface area contributed by atoms with Crippen LogP contribution in [0.5, 0.6) is 5.75 Å². The zero-order valence-electron chi connectivity index (χ0n) is 15.8. The van der Waals surface area contributed by atoms with E-state index in [1.54, 1.807) is 12.1 Å². The minimum atomic E-state index is -0.293. The molecular weight excluding hydrogens is 384 g/mol. The Balaban J connectivity index is 2.15. The first-order valence-electron chi connectivity index (χ1n) is 8.53. The summed E-state index contributed by atoms with van der Waals surface area (Å²) in [5, 5.41) is 5.98. The maximum absolute atomic E-state index is 12.8. The summed E-state index contributed by atoms with van der Waals surface area (Å²) in [6, 6.07) is 10.9. The minimum absolute atomic E-state index is 0.118. The molecule has 0 heterocycles. The van der Waals surface area contributed by atoms with Crippen molar-refractivity contribution in [2.24, 2.45) is 0 Å². The Morgan fingerprint density at radius 1 is 1.22 bits per heavy atom. The van der Waals surface area contributed by atoms with E-state index >= 15 is 0 Å². The molecule has 0 saturated carbocycles. The number of aryl methyl sites for hydroxylation is 1. The predicted octanol–water partition coefficient (Wildman–Crippen LogP) is 5.12. The van der Waals surface area contributed by atoms with Crippen LogP contribution in [-0.2, 0) is 9.59 Å². The van der Waals surface area contributed by atoms with Crippen molar-refractivity contribution in [1.29, 1.82) is 0 Å². The van der Waals surface area contributed by atoms with Crippen LogP contribution in [0.25, 0.3) is 0 Å². The fourth-order valence-electron chi connectivity index (χ4n) is 2.48. The summed E-state index contributed by atoms with van der Waals surface area (Å²) in [6.45, 7) is 5.29. The monoisotopic (exact) mass is 406 g/mol. The molecule has 0 saturated heterocycles. The number of carbonyl (C=O) groups is 2. The van der Waals surface area contributed by atoms with Gasteiger partial charge in [-0.25, -0.2) is 0 Å². The van der Waals surface area contributed by atoms with E-state index in [1.165, 1.54) is 25.8 Å². The van der Waals surface area contributed by atoms with Crippen LogP contribution in [0.3, 0.4) is 0 Å². The van der Waals surface area contributed by atoms with Crippen molar-refractivity contribution < 1.29 is 14.3 Å². The number of amides is 2. The first-order valence-corrected chi connectivity index (χ1v) is 9.79. The SMILES string of the molecule is CCC(Sc1cccc(NC(C)=O)c1)C(=O)Nc1cc(C)c(Cl)cc1OC. The molecule has 0 aliphatic rings. The van der Waals surface area contributed by atoms with E-state index in [0.717, 1.165) is 10.5 Å². The molecule has 144 valence electrons. The van der Waals surface area contributed by atoms with Gasteiger partial charge in [0.15, 0.2) is 0 Å². The van der Waals surface area contributed by atoms with Crippen molar-refractivity contribution in [3.8, 4) is 5.75 Å². The van der Waals surface area contributed by atoms with Crippen molar-refractivity contribution in [2.45, 2.75) is 37.3 Å². The van der Waals surface area contributed by atoms with Gasteiger partial charge in [-0.05, 0) is 43.2 Å². The highest BCUT2D eigenvalue weighted by Crippen LogP contribution is 2.33. The lowest BCUT2D eigenvalue weighted by molar-refractivity contribution is -0.116. The molecule has 2 aromatic carbocycles. The van der Waals surface area contributed by atoms with Gasteiger partial charge < -0.3 is 15.4 Å². The van der Waals surface area contributed by atoms with Crippen LogP contribution < -0.4 is 15.4 Å². The quantitative estimate of drug-likeness (QED) is 0.626. The average Bonchev–Trinajstić information content (AvgIpc) is 2.62. The largest absolute Gasteiger partial charge is 0.495 e. The molecule has 0 fully saturated rings. The van der Waals surface area contributed by atoms with Crippen LogP contribution in [0.4, 0.5) is 11.4 Å². The molecule has 2 N–H and O–H groups in total. The number of rotatable bonds is 7. The number of thioether (sulfide) groups is 1. The number of benzene rings is 2. The number of halogens is 1. The predicted molar refractivity (Wildman–Crippen MR) is 112 cm³/mol. The van der Waals surface area contributed by atoms with Crippen LogP contribution in [0.1, 0.15) is 25.8 Å². The fourth-order valence-corrected chi connectivity index (χ4v) is 3.65. The van der Waals surface area contributed by atoms with Gasteiger partial charge in [-0.3, -0.25) is 9.59 Å². The highest BCUT2D eigenvalue weighted by molar-refractivity contribution is 8.00. The molecule has 2 rings (SSSR count). The molecule has 2 aromatic rings. The molecule has 1 unspecified atom stereocenters. The van der Waals surface area contributed by atoms with Gasteiger partial charge in [0.05, 0.1) is 18.0 Å². The van der Waals surface area contributed by atoms with E-state index in [1.807, 2.05) is 38.1 Å². The third kappa shape index (κ3) is 5.91. The van der Waals surface area contributed by atoms with Gasteiger partial charge in [0, 0.05) is 28.6 Å². The van der Waals surface area contributed by atoms with Crippen LogP contribution >= 0.6 is 23.4 Å². The van der Waals surface area contributed by atoms with Crippen molar-refractivity contribution in [3.63, 3.8) is 0 Å². The zero-order valence-corrected chi connectivity index (χ0v) is 17.3. The van der Waals surface area contributed by atoms with Crippen molar-refractivity contribution in [1.82, 2.24) is 0 Å². The lowest BCUT2D eigenvalue weighted by atomic mass is 10.2. The molecule has 0 aromatic heterocycles. The van der Waals surface area contributed by atoms with E-state index in [2.05, 4.69) is 10.6 Å². The minimum Gasteiger partial charge on any atom is -0.495 e. The lowest BCUT2D eigenvalue weighted by Crippen LogP contribution is -2.24. The summed E-state index contributed by atoms with van der Waals surface area (Å²) in [7, 11) is 1.54. The third-order valence-electron chi connectivity index (χ3n) is 3.83. The Hall–Kier alpha value is -2.18. The number of hydrogen-bond acceptors (Lipinski definition) is 4. The molecule has 0 aliphatic heterocycles. The van der Waals surface area contributed by atoms with Crippen molar-refractivity contribution in [2.75, 3.05) is 17.7 Å². The summed E-state index contributed by atoms with van der Waals surface area (Å²) < 4.78 is 5.32. The Morgan fingerprint density at radius 3 is 2.59 bits per heavy atom. The van der Waals surface area contributed by atoms with Gasteiger partial charge in [0.25, 0.3) is 0 Å². The average molecular weight is 407 g/mol. The van der Waals surface area contributed by atoms with E-state index < -0.39 is 0 Å². The summed E-state index contributed by atoms with van der Waals surface area (Å²) in [5.41, 5.74) is 2.16. The summed E-state index contributed by atoms with van der Waals surface area (Å²) in [4.78, 5) is 24.9. The second-order valence-electron chi connectivity index (χ2n) is 6.01. The topological polar surface area (TPSA) is 67.4 Å². The smallest absolute Gasteiger partial charge is 0.237 e. The molecular formula is C20H23ClN2O3S. The highest BCUT2D eigenvalue weighted by Gasteiger charge is 2.20. The van der Waals surface area contributed by atoms with Crippen LogP contribution in [0.15, 0.2) is 41.3 Å². The molecule has 0 radical (unpaired) electrons. The van der Waals surface area contributed by atoms with Gasteiger partial charge in [-0.1, -0.05) is 24.6 Å². The van der Waals surface area contributed by atoms with E-state index in [0.29, 0.717) is 28.6 Å². The summed E-state index contributed by atoms with van der Waals surface area (Å²) >= 11 is 7.57. The normalized spacial score (nSPS) is 11.6. The number of methoxy groups -OCH3 is 1. The van der Waals surface area contributed by atoms with Gasteiger partial charge in [-0.2, -0.15) is 0 Å². The highest BCUT2D eigenvalue weighted by atomic mass is 35.5. The Kier molecular flexibility index (Phi) is 7.56. The van der Waals surface area contributed by atoms with Crippen LogP contribution in [0, 0.1) is 6.92 Å². The maximum atomic E-state index is 12.8. The first-order chi connectivity index (χ1) is 12.8. The van der Waals surface area contributed by atoms with Crippen molar-refractivity contribution >= 4 is 46.6 Å². The summed E-state index contributed by atoms with van der Waals surface area (Å²) in [6.07, 6.45) is 0.649. The fraction of sp³-hybridized carbons (Fsp3) is 0.300. The van der Waals surface area contributed by atoms with E-state index in [9.17, 15) is 9.59 Å². The second kappa shape index (κ2) is 9.67. The molecule has 0 bridgehead atoms. The molecule has 27 heavy (non-hydrogen) atoms. The Bertz CT molecular complexity index is 842. The molecule has 5 nitrogen and oxygen atoms in total.